The first kappa shape index (κ1) is 11.4. The highest BCUT2D eigenvalue weighted by Gasteiger charge is 2.33. The highest BCUT2D eigenvalue weighted by molar-refractivity contribution is 7.58. The third-order valence-corrected chi connectivity index (χ3v) is 1.65. The lowest BCUT2D eigenvalue weighted by molar-refractivity contribution is 0.0581. The second-order valence-electron chi connectivity index (χ2n) is 1.64. The van der Waals surface area contributed by atoms with Gasteiger partial charge in [-0.05, 0) is 11.5 Å². The molecule has 0 aliphatic carbocycles. The summed E-state index contributed by atoms with van der Waals surface area (Å²) in [6.45, 7) is 0.541. The minimum absolute atomic E-state index is 0.0684. The van der Waals surface area contributed by atoms with Crippen LogP contribution in [0.2, 0.25) is 0 Å². The summed E-state index contributed by atoms with van der Waals surface area (Å²) in [6, 6.07) is 0. The number of carbonyl (C=O) groups is 1. The summed E-state index contributed by atoms with van der Waals surface area (Å²) >= 11 is 0. The first-order chi connectivity index (χ1) is 5.57. The minimum atomic E-state index is -2.75. The molecule has 0 rings (SSSR count). The Balaban J connectivity index is 3.65. The Morgan fingerprint density at radius 3 is 2.58 bits per heavy atom. The summed E-state index contributed by atoms with van der Waals surface area (Å²) in [5.41, 5.74) is -1.24. The van der Waals surface area contributed by atoms with Gasteiger partial charge in [-0.15, -0.1) is 4.52 Å². The van der Waals surface area contributed by atoms with Crippen LogP contribution in [0.4, 0.5) is 13.6 Å². The van der Waals surface area contributed by atoms with Gasteiger partial charge in [-0.2, -0.15) is 4.79 Å². The van der Waals surface area contributed by atoms with Gasteiger partial charge in [0.05, 0.1) is 0 Å². The van der Waals surface area contributed by atoms with E-state index in [1.165, 1.54) is 6.92 Å². The van der Waals surface area contributed by atoms with Gasteiger partial charge in [-0.25, -0.2) is 8.78 Å². The molecule has 0 saturated carbocycles. The lowest BCUT2D eigenvalue weighted by atomic mass is 10.8. The Morgan fingerprint density at radius 2 is 2.17 bits per heavy atom. The van der Waals surface area contributed by atoms with Crippen molar-refractivity contribution < 1.29 is 27.4 Å². The van der Waals surface area contributed by atoms with Gasteiger partial charge >= 0.3 is 13.7 Å². The average molecular weight is 201 g/mol. The molecular formula is C5H8F2O4P+. The molecule has 0 bridgehead atoms. The molecule has 0 aromatic heterocycles. The van der Waals surface area contributed by atoms with Crippen molar-refractivity contribution in [3.8, 4) is 0 Å². The van der Waals surface area contributed by atoms with E-state index < -0.39 is 26.8 Å². The molecule has 1 unspecified atom stereocenters. The summed E-state index contributed by atoms with van der Waals surface area (Å²) in [4.78, 5) is 10.5. The van der Waals surface area contributed by atoms with Crippen LogP contribution >= 0.6 is 8.03 Å². The molecule has 0 aromatic rings. The maximum absolute atomic E-state index is 11.4. The summed E-state index contributed by atoms with van der Waals surface area (Å²) in [7, 11) is -2.62. The molecule has 12 heavy (non-hydrogen) atoms. The van der Waals surface area contributed by atoms with Crippen LogP contribution in [-0.4, -0.2) is 25.3 Å². The van der Waals surface area contributed by atoms with Gasteiger partial charge in [-0.3, -0.25) is 0 Å². The molecule has 70 valence electrons. The smallest absolute Gasteiger partial charge is 0.419 e. The van der Waals surface area contributed by atoms with Crippen molar-refractivity contribution >= 4 is 13.7 Å². The SMILES string of the molecule is CCO[P+](=O)C(=O)OCC(F)F. The number of hydrogen-bond acceptors (Lipinski definition) is 4. The van der Waals surface area contributed by atoms with Crippen LogP contribution in [0.5, 0.6) is 0 Å². The average Bonchev–Trinajstić information content (AvgIpc) is 2.00. The van der Waals surface area contributed by atoms with E-state index in [2.05, 4.69) is 9.26 Å². The summed E-state index contributed by atoms with van der Waals surface area (Å²) in [5, 5.41) is 0. The molecule has 0 aliphatic heterocycles. The molecular weight excluding hydrogens is 193 g/mol. The molecule has 0 radical (unpaired) electrons. The van der Waals surface area contributed by atoms with Gasteiger partial charge in [0.15, 0.2) is 6.61 Å². The highest BCUT2D eigenvalue weighted by Crippen LogP contribution is 2.24. The van der Waals surface area contributed by atoms with Crippen molar-refractivity contribution in [1.29, 1.82) is 0 Å². The lowest BCUT2D eigenvalue weighted by Gasteiger charge is -1.94. The fourth-order valence-corrected chi connectivity index (χ4v) is 0.877. The summed E-state index contributed by atoms with van der Waals surface area (Å²) < 4.78 is 41.7. The third kappa shape index (κ3) is 5.09. The van der Waals surface area contributed by atoms with E-state index in [9.17, 15) is 18.1 Å². The molecule has 0 amide bonds. The van der Waals surface area contributed by atoms with Gasteiger partial charge < -0.3 is 4.74 Å². The minimum Gasteiger partial charge on any atom is -0.419 e. The highest BCUT2D eigenvalue weighted by atomic mass is 31.1. The van der Waals surface area contributed by atoms with E-state index >= 15 is 0 Å². The quantitative estimate of drug-likeness (QED) is 0.639. The molecule has 1 atom stereocenters. The van der Waals surface area contributed by atoms with E-state index in [1.807, 2.05) is 0 Å². The van der Waals surface area contributed by atoms with Gasteiger partial charge in [0, 0.05) is 0 Å². The van der Waals surface area contributed by atoms with Crippen LogP contribution in [0.25, 0.3) is 0 Å². The van der Waals surface area contributed by atoms with Gasteiger partial charge in [-0.1, -0.05) is 0 Å². The Kier molecular flexibility index (Phi) is 5.66. The molecule has 0 heterocycles. The van der Waals surface area contributed by atoms with Crippen LogP contribution in [0, 0.1) is 0 Å². The Labute approximate surface area is 68.7 Å². The fraction of sp³-hybridized carbons (Fsp3) is 0.800. The molecule has 0 N–H and O–H groups in total. The molecule has 0 aromatic carbocycles. The predicted molar refractivity (Wildman–Crippen MR) is 36.6 cm³/mol. The number of rotatable bonds is 5. The van der Waals surface area contributed by atoms with Crippen LogP contribution in [0.3, 0.4) is 0 Å². The van der Waals surface area contributed by atoms with Crippen LogP contribution in [-0.2, 0) is 13.8 Å². The van der Waals surface area contributed by atoms with Crippen molar-refractivity contribution in [3.05, 3.63) is 0 Å². The Hall–Kier alpha value is -0.610. The van der Waals surface area contributed by atoms with Crippen LogP contribution in [0.1, 0.15) is 6.92 Å². The number of alkyl halides is 2. The first-order valence-electron chi connectivity index (χ1n) is 3.13. The molecule has 7 heteroatoms. The number of ether oxygens (including phenoxy) is 1. The van der Waals surface area contributed by atoms with E-state index in [0.717, 1.165) is 0 Å². The van der Waals surface area contributed by atoms with Crippen molar-refractivity contribution in [2.45, 2.75) is 13.3 Å². The Bertz CT molecular complexity index is 173. The molecule has 0 fully saturated rings. The fourth-order valence-electron chi connectivity index (χ4n) is 0.357. The lowest BCUT2D eigenvalue weighted by Crippen LogP contribution is -2.07. The van der Waals surface area contributed by atoms with Crippen molar-refractivity contribution in [3.63, 3.8) is 0 Å². The molecule has 0 spiro atoms. The maximum atomic E-state index is 11.4. The Morgan fingerprint density at radius 1 is 1.58 bits per heavy atom. The van der Waals surface area contributed by atoms with Crippen molar-refractivity contribution in [2.24, 2.45) is 0 Å². The maximum Gasteiger partial charge on any atom is 0.636 e. The second-order valence-corrected chi connectivity index (χ2v) is 2.78. The molecule has 0 saturated heterocycles. The van der Waals surface area contributed by atoms with Gasteiger partial charge in [0.1, 0.15) is 6.61 Å². The van der Waals surface area contributed by atoms with Gasteiger partial charge in [0.25, 0.3) is 6.43 Å². The van der Waals surface area contributed by atoms with E-state index in [4.69, 9.17) is 0 Å². The zero-order valence-corrected chi connectivity index (χ0v) is 7.22. The standard InChI is InChI=1S/C5H8F2O4P/c1-2-11-12(9)5(8)10-3-4(6)7/h4H,2-3H2,1H3/q+1. The largest absolute Gasteiger partial charge is 0.636 e. The van der Waals surface area contributed by atoms with Gasteiger partial charge in [0.2, 0.25) is 0 Å². The monoisotopic (exact) mass is 201 g/mol. The number of halogens is 2. The molecule has 4 nitrogen and oxygen atoms in total. The second kappa shape index (κ2) is 5.97. The van der Waals surface area contributed by atoms with E-state index in [1.54, 1.807) is 0 Å². The van der Waals surface area contributed by atoms with E-state index in [0.29, 0.717) is 0 Å². The normalized spacial score (nSPS) is 11.5. The number of carbonyl (C=O) groups excluding carboxylic acids is 1. The third-order valence-electron chi connectivity index (χ3n) is 0.728. The topological polar surface area (TPSA) is 52.6 Å². The van der Waals surface area contributed by atoms with Crippen molar-refractivity contribution in [2.75, 3.05) is 13.2 Å². The molecule has 0 aliphatic rings. The zero-order valence-electron chi connectivity index (χ0n) is 6.33. The first-order valence-corrected chi connectivity index (χ1v) is 4.30. The van der Waals surface area contributed by atoms with E-state index in [-0.39, 0.29) is 6.61 Å². The summed E-state index contributed by atoms with van der Waals surface area (Å²) in [6.07, 6.45) is -2.75. The van der Waals surface area contributed by atoms with Crippen molar-refractivity contribution in [1.82, 2.24) is 0 Å². The zero-order chi connectivity index (χ0) is 9.56. The van der Waals surface area contributed by atoms with Crippen LogP contribution < -0.4 is 0 Å². The summed E-state index contributed by atoms with van der Waals surface area (Å²) in [5.74, 6) is 0. The number of hydrogen-bond donors (Lipinski definition) is 0. The van der Waals surface area contributed by atoms with Crippen LogP contribution in [0.15, 0.2) is 0 Å². The predicted octanol–water partition coefficient (Wildman–Crippen LogP) is 2.17.